The van der Waals surface area contributed by atoms with Crippen molar-refractivity contribution in [2.75, 3.05) is 6.61 Å². The van der Waals surface area contributed by atoms with Gasteiger partial charge in [0.1, 0.15) is 5.85 Å². The van der Waals surface area contributed by atoms with Gasteiger partial charge in [-0.3, -0.25) is 4.57 Å². The topological polar surface area (TPSA) is 46.5 Å². The van der Waals surface area contributed by atoms with E-state index in [1.54, 1.807) is 31.2 Å². The Morgan fingerprint density at radius 3 is 2.15 bits per heavy atom. The molecule has 3 nitrogen and oxygen atoms in total. The lowest BCUT2D eigenvalue weighted by molar-refractivity contribution is 0.215. The van der Waals surface area contributed by atoms with E-state index in [1.807, 2.05) is 36.4 Å². The van der Waals surface area contributed by atoms with Crippen LogP contribution in [-0.4, -0.2) is 17.6 Å². The number of aliphatic hydroxyl groups excluding tert-OH is 1. The standard InChI is InChI=1S/C16H19O3P/c1-2-19-20(18,15-11-7-4-8-12-15)16(17)13-14-9-5-3-6-10-14/h3-12,16-17H,2,13H2,1H3/t16-,20?/m1/s1. The predicted octanol–water partition coefficient (Wildman–Crippen LogP) is 3.19. The summed E-state index contributed by atoms with van der Waals surface area (Å²) in [5.74, 6) is -1.03. The monoisotopic (exact) mass is 290 g/mol. The Kier molecular flexibility index (Phi) is 5.13. The molecule has 0 saturated carbocycles. The van der Waals surface area contributed by atoms with Crippen molar-refractivity contribution in [1.82, 2.24) is 0 Å². The molecule has 1 N–H and O–H groups in total. The van der Waals surface area contributed by atoms with Gasteiger partial charge in [0.05, 0.1) is 6.61 Å². The van der Waals surface area contributed by atoms with Crippen LogP contribution in [0.1, 0.15) is 12.5 Å². The second kappa shape index (κ2) is 6.85. The zero-order valence-electron chi connectivity index (χ0n) is 11.5. The van der Waals surface area contributed by atoms with Crippen molar-refractivity contribution >= 4 is 12.7 Å². The predicted molar refractivity (Wildman–Crippen MR) is 81.5 cm³/mol. The number of hydrogen-bond acceptors (Lipinski definition) is 3. The van der Waals surface area contributed by atoms with Gasteiger partial charge in [0.15, 0.2) is 0 Å². The van der Waals surface area contributed by atoms with Crippen LogP contribution in [0.15, 0.2) is 60.7 Å². The summed E-state index contributed by atoms with van der Waals surface area (Å²) < 4.78 is 18.5. The second-order valence-corrected chi connectivity index (χ2v) is 7.09. The van der Waals surface area contributed by atoms with Crippen LogP contribution >= 0.6 is 7.37 Å². The molecule has 106 valence electrons. The third kappa shape index (κ3) is 3.37. The minimum atomic E-state index is -3.27. The highest BCUT2D eigenvalue weighted by molar-refractivity contribution is 7.67. The van der Waals surface area contributed by atoms with E-state index in [9.17, 15) is 9.67 Å². The van der Waals surface area contributed by atoms with Gasteiger partial charge in [-0.2, -0.15) is 0 Å². The van der Waals surface area contributed by atoms with Crippen molar-refractivity contribution in [3.63, 3.8) is 0 Å². The first-order chi connectivity index (χ1) is 9.66. The molecule has 2 rings (SSSR count). The van der Waals surface area contributed by atoms with Gasteiger partial charge in [0, 0.05) is 11.7 Å². The summed E-state index contributed by atoms with van der Waals surface area (Å²) in [7, 11) is -3.27. The van der Waals surface area contributed by atoms with Crippen LogP contribution < -0.4 is 5.30 Å². The molecule has 2 aromatic carbocycles. The van der Waals surface area contributed by atoms with E-state index in [-0.39, 0.29) is 0 Å². The third-order valence-corrected chi connectivity index (χ3v) is 5.72. The Morgan fingerprint density at radius 2 is 1.60 bits per heavy atom. The van der Waals surface area contributed by atoms with E-state index in [2.05, 4.69) is 0 Å². The fraction of sp³-hybridized carbons (Fsp3) is 0.250. The number of aliphatic hydroxyl groups is 1. The van der Waals surface area contributed by atoms with E-state index in [4.69, 9.17) is 4.52 Å². The molecule has 0 spiro atoms. The van der Waals surface area contributed by atoms with Crippen molar-refractivity contribution in [3.8, 4) is 0 Å². The SMILES string of the molecule is CCOP(=O)(c1ccccc1)[C@@H](O)Cc1ccccc1. The fourth-order valence-corrected chi connectivity index (χ4v) is 4.19. The molecular formula is C16H19O3P. The Labute approximate surface area is 119 Å². The summed E-state index contributed by atoms with van der Waals surface area (Å²) >= 11 is 0. The molecule has 0 radical (unpaired) electrons. The van der Waals surface area contributed by atoms with Crippen molar-refractivity contribution in [2.45, 2.75) is 19.2 Å². The Balaban J connectivity index is 2.26. The molecule has 4 heteroatoms. The van der Waals surface area contributed by atoms with Crippen molar-refractivity contribution in [2.24, 2.45) is 0 Å². The molecule has 0 saturated heterocycles. The van der Waals surface area contributed by atoms with Gasteiger partial charge in [0.25, 0.3) is 7.37 Å². The zero-order valence-corrected chi connectivity index (χ0v) is 12.4. The lowest BCUT2D eigenvalue weighted by Gasteiger charge is -2.23. The summed E-state index contributed by atoms with van der Waals surface area (Å²) in [6.45, 7) is 2.09. The van der Waals surface area contributed by atoms with Gasteiger partial charge < -0.3 is 9.63 Å². The molecule has 0 bridgehead atoms. The van der Waals surface area contributed by atoms with Crippen LogP contribution in [0.3, 0.4) is 0 Å². The first-order valence-corrected chi connectivity index (χ1v) is 8.38. The fourth-order valence-electron chi connectivity index (χ4n) is 2.11. The highest BCUT2D eigenvalue weighted by Crippen LogP contribution is 2.50. The summed E-state index contributed by atoms with van der Waals surface area (Å²) in [6, 6.07) is 18.5. The molecule has 2 aromatic rings. The van der Waals surface area contributed by atoms with Crippen LogP contribution in [0.4, 0.5) is 0 Å². The molecule has 1 unspecified atom stereocenters. The van der Waals surface area contributed by atoms with E-state index >= 15 is 0 Å². The smallest absolute Gasteiger partial charge is 0.260 e. The Bertz CT molecular complexity index is 569. The van der Waals surface area contributed by atoms with Crippen LogP contribution in [-0.2, 0) is 15.5 Å². The van der Waals surface area contributed by atoms with Gasteiger partial charge >= 0.3 is 0 Å². The molecule has 0 aliphatic carbocycles. The van der Waals surface area contributed by atoms with Crippen LogP contribution in [0.25, 0.3) is 0 Å². The van der Waals surface area contributed by atoms with E-state index < -0.39 is 13.2 Å². The van der Waals surface area contributed by atoms with Gasteiger partial charge in [-0.25, -0.2) is 0 Å². The molecule has 0 aromatic heterocycles. The number of benzene rings is 2. The molecule has 20 heavy (non-hydrogen) atoms. The average molecular weight is 290 g/mol. The minimum Gasteiger partial charge on any atom is -0.382 e. The highest BCUT2D eigenvalue weighted by Gasteiger charge is 2.34. The second-order valence-electron chi connectivity index (χ2n) is 4.52. The van der Waals surface area contributed by atoms with Crippen molar-refractivity contribution < 1.29 is 14.2 Å². The van der Waals surface area contributed by atoms with Crippen LogP contribution in [0, 0.1) is 0 Å². The van der Waals surface area contributed by atoms with Crippen molar-refractivity contribution in [3.05, 3.63) is 66.2 Å². The number of hydrogen-bond donors (Lipinski definition) is 1. The Morgan fingerprint density at radius 1 is 1.05 bits per heavy atom. The van der Waals surface area contributed by atoms with E-state index in [0.29, 0.717) is 18.3 Å². The van der Waals surface area contributed by atoms with Gasteiger partial charge in [-0.15, -0.1) is 0 Å². The summed E-state index contributed by atoms with van der Waals surface area (Å²) in [5, 5.41) is 11.0. The first kappa shape index (κ1) is 15.0. The van der Waals surface area contributed by atoms with Crippen LogP contribution in [0.5, 0.6) is 0 Å². The average Bonchev–Trinajstić information content (AvgIpc) is 2.49. The zero-order chi connectivity index (χ0) is 14.4. The quantitative estimate of drug-likeness (QED) is 0.831. The normalized spacial score (nSPS) is 15.5. The lowest BCUT2D eigenvalue weighted by Crippen LogP contribution is -2.21. The lowest BCUT2D eigenvalue weighted by atomic mass is 10.2. The Hall–Kier alpha value is -1.41. The molecule has 2 atom stereocenters. The molecule has 0 amide bonds. The molecule has 0 aliphatic heterocycles. The largest absolute Gasteiger partial charge is 0.382 e. The van der Waals surface area contributed by atoms with Gasteiger partial charge in [-0.05, 0) is 24.6 Å². The minimum absolute atomic E-state index is 0.304. The molecule has 0 heterocycles. The first-order valence-electron chi connectivity index (χ1n) is 6.68. The maximum absolute atomic E-state index is 13.0. The summed E-state index contributed by atoms with van der Waals surface area (Å²) in [6.07, 6.45) is 0.313. The highest BCUT2D eigenvalue weighted by atomic mass is 31.2. The summed E-state index contributed by atoms with van der Waals surface area (Å²) in [5.41, 5.74) is 0.941. The molecular weight excluding hydrogens is 271 g/mol. The van der Waals surface area contributed by atoms with E-state index in [0.717, 1.165) is 5.56 Å². The van der Waals surface area contributed by atoms with Crippen molar-refractivity contribution in [1.29, 1.82) is 0 Å². The molecule has 0 aliphatic rings. The van der Waals surface area contributed by atoms with Crippen LogP contribution in [0.2, 0.25) is 0 Å². The van der Waals surface area contributed by atoms with Gasteiger partial charge in [0.2, 0.25) is 0 Å². The number of rotatable bonds is 6. The van der Waals surface area contributed by atoms with Gasteiger partial charge in [-0.1, -0.05) is 48.5 Å². The third-order valence-electron chi connectivity index (χ3n) is 3.09. The maximum Gasteiger partial charge on any atom is 0.260 e. The van der Waals surface area contributed by atoms with E-state index in [1.165, 1.54) is 0 Å². The maximum atomic E-state index is 13.0. The summed E-state index contributed by atoms with van der Waals surface area (Å²) in [4.78, 5) is 0. The molecule has 0 fully saturated rings.